The van der Waals surface area contributed by atoms with Gasteiger partial charge in [-0.3, -0.25) is 14.6 Å². The first-order valence-electron chi connectivity index (χ1n) is 10.8. The van der Waals surface area contributed by atoms with E-state index in [1.165, 1.54) is 0 Å². The Morgan fingerprint density at radius 2 is 1.97 bits per heavy atom. The molecule has 1 aromatic heterocycles. The van der Waals surface area contributed by atoms with Crippen molar-refractivity contribution >= 4 is 18.0 Å². The number of aromatic nitrogens is 1. The number of amides is 1. The fourth-order valence-electron chi connectivity index (χ4n) is 3.86. The highest BCUT2D eigenvalue weighted by atomic mass is 16.5. The molecule has 0 aliphatic carbocycles. The van der Waals surface area contributed by atoms with Gasteiger partial charge >= 0.3 is 0 Å². The molecule has 1 aromatic carbocycles. The molecule has 0 radical (unpaired) electrons. The molecule has 1 aliphatic heterocycles. The summed E-state index contributed by atoms with van der Waals surface area (Å²) in [6, 6.07) is 12.2. The summed E-state index contributed by atoms with van der Waals surface area (Å²) in [7, 11) is 0. The van der Waals surface area contributed by atoms with E-state index < -0.39 is 12.0 Å². The van der Waals surface area contributed by atoms with E-state index in [0.29, 0.717) is 43.5 Å². The average Bonchev–Trinajstić information content (AvgIpc) is 2.84. The van der Waals surface area contributed by atoms with Crippen molar-refractivity contribution in [1.82, 2.24) is 9.88 Å². The molecule has 166 valence electrons. The van der Waals surface area contributed by atoms with Crippen LogP contribution in [0.5, 0.6) is 0 Å². The molecule has 1 fully saturated rings. The number of Topliss-reactive ketones (excluding diaryl/α,β-unsaturated/α-hetero) is 1. The van der Waals surface area contributed by atoms with Gasteiger partial charge in [-0.25, -0.2) is 0 Å². The minimum absolute atomic E-state index is 0.0484. The van der Waals surface area contributed by atoms with Crippen LogP contribution < -0.4 is 0 Å². The summed E-state index contributed by atoms with van der Waals surface area (Å²) in [4.78, 5) is 42.6. The van der Waals surface area contributed by atoms with Crippen LogP contribution >= 0.6 is 0 Å². The lowest BCUT2D eigenvalue weighted by Crippen LogP contribution is -2.44. The van der Waals surface area contributed by atoms with Crippen molar-refractivity contribution < 1.29 is 19.1 Å². The van der Waals surface area contributed by atoms with Crippen LogP contribution in [0.2, 0.25) is 0 Å². The van der Waals surface area contributed by atoms with E-state index in [1.807, 2.05) is 18.2 Å². The number of piperidine rings is 1. The number of hydrogen-bond acceptors (Lipinski definition) is 6. The van der Waals surface area contributed by atoms with Crippen LogP contribution in [0.4, 0.5) is 0 Å². The summed E-state index contributed by atoms with van der Waals surface area (Å²) in [5, 5.41) is 8.86. The normalized spacial score (nSPS) is 16.1. The molecule has 32 heavy (non-hydrogen) atoms. The van der Waals surface area contributed by atoms with Crippen molar-refractivity contribution in [3.05, 3.63) is 65.5 Å². The molecule has 1 aliphatic rings. The van der Waals surface area contributed by atoms with Gasteiger partial charge in [0, 0.05) is 49.8 Å². The first kappa shape index (κ1) is 23.3. The maximum absolute atomic E-state index is 12.8. The Morgan fingerprint density at radius 3 is 2.56 bits per heavy atom. The lowest BCUT2D eigenvalue weighted by molar-refractivity contribution is -0.139. The Balaban J connectivity index is 1.46. The molecule has 2 unspecified atom stereocenters. The van der Waals surface area contributed by atoms with Crippen molar-refractivity contribution in [2.75, 3.05) is 13.1 Å². The SMILES string of the molecule is CC(CC(=O)c1ccc(C#N)cc1)C(=O)N1CCC(OC(C=O)Cc2cccnc2)CC1. The Bertz CT molecular complexity index is 961. The van der Waals surface area contributed by atoms with E-state index in [4.69, 9.17) is 10.00 Å². The number of nitrogens with zero attached hydrogens (tertiary/aromatic N) is 3. The highest BCUT2D eigenvalue weighted by Gasteiger charge is 2.29. The van der Waals surface area contributed by atoms with E-state index >= 15 is 0 Å². The quantitative estimate of drug-likeness (QED) is 0.445. The van der Waals surface area contributed by atoms with E-state index in [2.05, 4.69) is 4.98 Å². The number of ether oxygens (including phenoxy) is 1. The molecule has 2 heterocycles. The number of nitriles is 1. The number of aldehydes is 1. The lowest BCUT2D eigenvalue weighted by atomic mass is 9.96. The van der Waals surface area contributed by atoms with Crippen LogP contribution in [0.25, 0.3) is 0 Å². The summed E-state index contributed by atoms with van der Waals surface area (Å²) in [5.41, 5.74) is 1.94. The number of ketones is 1. The summed E-state index contributed by atoms with van der Waals surface area (Å²) < 4.78 is 5.96. The van der Waals surface area contributed by atoms with Crippen molar-refractivity contribution in [1.29, 1.82) is 5.26 Å². The van der Waals surface area contributed by atoms with Crippen molar-refractivity contribution in [3.63, 3.8) is 0 Å². The minimum atomic E-state index is -0.532. The zero-order valence-corrected chi connectivity index (χ0v) is 18.1. The van der Waals surface area contributed by atoms with Gasteiger partial charge in [0.15, 0.2) is 5.78 Å². The van der Waals surface area contributed by atoms with E-state index in [9.17, 15) is 14.4 Å². The number of pyridine rings is 1. The van der Waals surface area contributed by atoms with Gasteiger partial charge < -0.3 is 14.4 Å². The van der Waals surface area contributed by atoms with Gasteiger partial charge in [-0.1, -0.05) is 25.1 Å². The molecule has 0 saturated carbocycles. The number of likely N-dealkylation sites (tertiary alicyclic amines) is 1. The predicted molar refractivity (Wildman–Crippen MR) is 118 cm³/mol. The maximum Gasteiger partial charge on any atom is 0.225 e. The van der Waals surface area contributed by atoms with Gasteiger partial charge in [0.2, 0.25) is 5.91 Å². The lowest BCUT2D eigenvalue weighted by Gasteiger charge is -2.34. The molecule has 0 N–H and O–H groups in total. The number of carbonyl (C=O) groups excluding carboxylic acids is 3. The molecule has 7 nitrogen and oxygen atoms in total. The Labute approximate surface area is 188 Å². The molecule has 1 saturated heterocycles. The topological polar surface area (TPSA) is 100 Å². The smallest absolute Gasteiger partial charge is 0.225 e. The highest BCUT2D eigenvalue weighted by molar-refractivity contribution is 5.98. The molecule has 2 atom stereocenters. The van der Waals surface area contributed by atoms with Gasteiger partial charge in [-0.05, 0) is 36.6 Å². The van der Waals surface area contributed by atoms with Crippen LogP contribution in [0.15, 0.2) is 48.8 Å². The third kappa shape index (κ3) is 6.32. The minimum Gasteiger partial charge on any atom is -0.367 e. The Kier molecular flexibility index (Phi) is 8.23. The highest BCUT2D eigenvalue weighted by Crippen LogP contribution is 2.20. The second-order valence-corrected chi connectivity index (χ2v) is 8.12. The van der Waals surface area contributed by atoms with Crippen LogP contribution in [-0.4, -0.2) is 53.2 Å². The average molecular weight is 434 g/mol. The Hall–Kier alpha value is -3.37. The summed E-state index contributed by atoms with van der Waals surface area (Å²) in [6.45, 7) is 2.84. The number of rotatable bonds is 9. The van der Waals surface area contributed by atoms with E-state index in [1.54, 1.807) is 48.5 Å². The van der Waals surface area contributed by atoms with Gasteiger partial charge in [-0.15, -0.1) is 0 Å². The number of carbonyl (C=O) groups is 3. The van der Waals surface area contributed by atoms with Crippen molar-refractivity contribution in [3.8, 4) is 6.07 Å². The van der Waals surface area contributed by atoms with Crippen LogP contribution in [-0.2, 0) is 20.7 Å². The van der Waals surface area contributed by atoms with E-state index in [-0.39, 0.29) is 24.2 Å². The fourth-order valence-corrected chi connectivity index (χ4v) is 3.86. The van der Waals surface area contributed by atoms with Gasteiger partial charge in [0.05, 0.1) is 17.7 Å². The summed E-state index contributed by atoms with van der Waals surface area (Å²) in [5.74, 6) is -0.588. The molecular formula is C25H27N3O4. The summed E-state index contributed by atoms with van der Waals surface area (Å²) >= 11 is 0. The first-order valence-corrected chi connectivity index (χ1v) is 10.8. The molecule has 7 heteroatoms. The third-order valence-electron chi connectivity index (χ3n) is 5.68. The second kappa shape index (κ2) is 11.3. The first-order chi connectivity index (χ1) is 15.5. The van der Waals surface area contributed by atoms with Crippen LogP contribution in [0.3, 0.4) is 0 Å². The molecule has 0 spiro atoms. The standard InChI is InChI=1S/C25H27N3O4/c1-18(13-24(30)21-6-4-19(15-26)5-7-21)25(31)28-11-8-22(9-12-28)32-23(17-29)14-20-3-2-10-27-16-20/h2-7,10,16-18,22-23H,8-9,11-14H2,1H3. The predicted octanol–water partition coefficient (Wildman–Crippen LogP) is 2.98. The number of hydrogen-bond donors (Lipinski definition) is 0. The summed E-state index contributed by atoms with van der Waals surface area (Å²) in [6.07, 6.45) is 5.52. The van der Waals surface area contributed by atoms with Crippen molar-refractivity contribution in [2.45, 2.75) is 44.8 Å². The number of benzene rings is 1. The second-order valence-electron chi connectivity index (χ2n) is 8.12. The third-order valence-corrected chi connectivity index (χ3v) is 5.68. The monoisotopic (exact) mass is 433 g/mol. The zero-order valence-electron chi connectivity index (χ0n) is 18.1. The van der Waals surface area contributed by atoms with Gasteiger partial charge in [-0.2, -0.15) is 5.26 Å². The molecule has 0 bridgehead atoms. The molecule has 1 amide bonds. The van der Waals surface area contributed by atoms with E-state index in [0.717, 1.165) is 11.8 Å². The molecular weight excluding hydrogens is 406 g/mol. The van der Waals surface area contributed by atoms with Crippen LogP contribution in [0, 0.1) is 17.2 Å². The van der Waals surface area contributed by atoms with Gasteiger partial charge in [0.25, 0.3) is 0 Å². The van der Waals surface area contributed by atoms with Crippen molar-refractivity contribution in [2.24, 2.45) is 5.92 Å². The van der Waals surface area contributed by atoms with Gasteiger partial charge in [0.1, 0.15) is 12.4 Å². The maximum atomic E-state index is 12.8. The molecule has 2 aromatic rings. The van der Waals surface area contributed by atoms with Crippen LogP contribution in [0.1, 0.15) is 47.7 Å². The molecule has 3 rings (SSSR count). The zero-order chi connectivity index (χ0) is 22.9. The Morgan fingerprint density at radius 1 is 1.25 bits per heavy atom. The fraction of sp³-hybridized carbons (Fsp3) is 0.400. The largest absolute Gasteiger partial charge is 0.367 e.